The van der Waals surface area contributed by atoms with E-state index in [1.54, 1.807) is 13.2 Å². The first kappa shape index (κ1) is 15.0. The van der Waals surface area contributed by atoms with E-state index in [2.05, 4.69) is 10.7 Å². The first-order valence-corrected chi connectivity index (χ1v) is 6.61. The average molecular weight is 285 g/mol. The fourth-order valence-corrected chi connectivity index (χ4v) is 2.09. The number of aryl methyl sites for hydroxylation is 1. The summed E-state index contributed by atoms with van der Waals surface area (Å²) >= 11 is 0. The van der Waals surface area contributed by atoms with E-state index in [1.165, 1.54) is 0 Å². The molecule has 0 saturated carbocycles. The highest BCUT2D eigenvalue weighted by Crippen LogP contribution is 2.21. The van der Waals surface area contributed by atoms with Crippen LogP contribution in [0.5, 0.6) is 0 Å². The molecule has 0 radical (unpaired) electrons. The van der Waals surface area contributed by atoms with Gasteiger partial charge in [-0.15, -0.1) is 0 Å². The number of methoxy groups -OCH3 is 1. The molecule has 0 atom stereocenters. The SMILES string of the molecule is COCc1ccccc1NC(=O)c1ccc(C)cc1NN. The molecule has 5 nitrogen and oxygen atoms in total. The molecule has 2 rings (SSSR count). The number of carbonyl (C=O) groups is 1. The molecule has 0 aromatic heterocycles. The molecule has 2 aromatic carbocycles. The Kier molecular flexibility index (Phi) is 4.92. The van der Waals surface area contributed by atoms with E-state index in [4.69, 9.17) is 10.6 Å². The van der Waals surface area contributed by atoms with Gasteiger partial charge in [0.2, 0.25) is 0 Å². The van der Waals surface area contributed by atoms with Crippen molar-refractivity contribution in [3.8, 4) is 0 Å². The minimum absolute atomic E-state index is 0.216. The molecule has 4 N–H and O–H groups in total. The molecular formula is C16H19N3O2. The van der Waals surface area contributed by atoms with Crippen molar-refractivity contribution in [2.45, 2.75) is 13.5 Å². The number of hydrazine groups is 1. The van der Waals surface area contributed by atoms with Crippen molar-refractivity contribution in [1.29, 1.82) is 0 Å². The minimum Gasteiger partial charge on any atom is -0.380 e. The van der Waals surface area contributed by atoms with Crippen molar-refractivity contribution in [2.75, 3.05) is 17.9 Å². The van der Waals surface area contributed by atoms with Crippen LogP contribution in [-0.4, -0.2) is 13.0 Å². The van der Waals surface area contributed by atoms with Crippen LogP contribution in [0.15, 0.2) is 42.5 Å². The third-order valence-electron chi connectivity index (χ3n) is 3.14. The Labute approximate surface area is 124 Å². The van der Waals surface area contributed by atoms with Crippen LogP contribution in [0.2, 0.25) is 0 Å². The summed E-state index contributed by atoms with van der Waals surface area (Å²) in [6, 6.07) is 13.0. The van der Waals surface area contributed by atoms with Crippen molar-refractivity contribution in [3.05, 3.63) is 59.2 Å². The zero-order chi connectivity index (χ0) is 15.2. The molecule has 0 heterocycles. The van der Waals surface area contributed by atoms with Crippen LogP contribution in [0.1, 0.15) is 21.5 Å². The minimum atomic E-state index is -0.216. The number of anilines is 2. The van der Waals surface area contributed by atoms with Crippen molar-refractivity contribution in [3.63, 3.8) is 0 Å². The quantitative estimate of drug-likeness (QED) is 0.583. The van der Waals surface area contributed by atoms with E-state index >= 15 is 0 Å². The normalized spacial score (nSPS) is 10.2. The summed E-state index contributed by atoms with van der Waals surface area (Å²) in [7, 11) is 1.62. The molecule has 0 aliphatic heterocycles. The summed E-state index contributed by atoms with van der Waals surface area (Å²) in [5.74, 6) is 5.26. The van der Waals surface area contributed by atoms with E-state index < -0.39 is 0 Å². The average Bonchev–Trinajstić information content (AvgIpc) is 2.49. The fraction of sp³-hybridized carbons (Fsp3) is 0.188. The lowest BCUT2D eigenvalue weighted by Gasteiger charge is -2.13. The number of amides is 1. The Morgan fingerprint density at radius 2 is 1.95 bits per heavy atom. The van der Waals surface area contributed by atoms with Gasteiger partial charge in [0.05, 0.1) is 17.9 Å². The van der Waals surface area contributed by atoms with E-state index in [9.17, 15) is 4.79 Å². The van der Waals surface area contributed by atoms with E-state index in [0.717, 1.165) is 16.8 Å². The highest BCUT2D eigenvalue weighted by molar-refractivity contribution is 6.08. The lowest BCUT2D eigenvalue weighted by atomic mass is 10.1. The number of para-hydroxylation sites is 1. The number of rotatable bonds is 5. The smallest absolute Gasteiger partial charge is 0.257 e. The molecule has 110 valence electrons. The van der Waals surface area contributed by atoms with E-state index in [1.807, 2.05) is 43.3 Å². The Hall–Kier alpha value is -2.37. The van der Waals surface area contributed by atoms with Gasteiger partial charge in [-0.1, -0.05) is 24.3 Å². The molecule has 0 spiro atoms. The Bertz CT molecular complexity index is 641. The summed E-state index contributed by atoms with van der Waals surface area (Å²) in [5.41, 5.74) is 6.32. The second-order valence-corrected chi connectivity index (χ2v) is 4.74. The maximum absolute atomic E-state index is 12.4. The van der Waals surface area contributed by atoms with Gasteiger partial charge >= 0.3 is 0 Å². The molecule has 21 heavy (non-hydrogen) atoms. The molecule has 0 fully saturated rings. The highest BCUT2D eigenvalue weighted by Gasteiger charge is 2.13. The molecule has 0 unspecified atom stereocenters. The Morgan fingerprint density at radius 1 is 1.19 bits per heavy atom. The third-order valence-corrected chi connectivity index (χ3v) is 3.14. The largest absolute Gasteiger partial charge is 0.380 e. The van der Waals surface area contributed by atoms with Crippen LogP contribution in [-0.2, 0) is 11.3 Å². The second-order valence-electron chi connectivity index (χ2n) is 4.74. The molecular weight excluding hydrogens is 266 g/mol. The fourth-order valence-electron chi connectivity index (χ4n) is 2.09. The Morgan fingerprint density at radius 3 is 2.67 bits per heavy atom. The second kappa shape index (κ2) is 6.88. The number of hydrogen-bond donors (Lipinski definition) is 3. The van der Waals surface area contributed by atoms with Crippen molar-refractivity contribution < 1.29 is 9.53 Å². The maximum atomic E-state index is 12.4. The van der Waals surface area contributed by atoms with Gasteiger partial charge in [-0.3, -0.25) is 10.6 Å². The summed E-state index contributed by atoms with van der Waals surface area (Å²) < 4.78 is 5.13. The van der Waals surface area contributed by atoms with Crippen molar-refractivity contribution in [1.82, 2.24) is 0 Å². The van der Waals surface area contributed by atoms with E-state index in [0.29, 0.717) is 17.9 Å². The lowest BCUT2D eigenvalue weighted by molar-refractivity contribution is 0.102. The summed E-state index contributed by atoms with van der Waals surface area (Å²) in [4.78, 5) is 12.4. The van der Waals surface area contributed by atoms with Crippen LogP contribution in [0, 0.1) is 6.92 Å². The summed E-state index contributed by atoms with van der Waals surface area (Å²) in [6.07, 6.45) is 0. The third kappa shape index (κ3) is 3.59. The van der Waals surface area contributed by atoms with Crippen LogP contribution < -0.4 is 16.6 Å². The number of carbonyl (C=O) groups excluding carboxylic acids is 1. The van der Waals surface area contributed by atoms with Gasteiger partial charge in [-0.05, 0) is 30.7 Å². The molecule has 0 saturated heterocycles. The molecule has 0 aliphatic rings. The molecule has 2 aromatic rings. The van der Waals surface area contributed by atoms with Gasteiger partial charge in [-0.25, -0.2) is 0 Å². The first-order valence-electron chi connectivity index (χ1n) is 6.61. The number of nitrogens with two attached hydrogens (primary N) is 1. The predicted octanol–water partition coefficient (Wildman–Crippen LogP) is 2.68. The molecule has 5 heteroatoms. The zero-order valence-corrected chi connectivity index (χ0v) is 12.1. The van der Waals surface area contributed by atoms with Crippen molar-refractivity contribution in [2.24, 2.45) is 5.84 Å². The van der Waals surface area contributed by atoms with Gasteiger partial charge in [0.15, 0.2) is 0 Å². The molecule has 0 bridgehead atoms. The summed E-state index contributed by atoms with van der Waals surface area (Å²) in [6.45, 7) is 2.38. The van der Waals surface area contributed by atoms with Crippen LogP contribution in [0.25, 0.3) is 0 Å². The predicted molar refractivity (Wildman–Crippen MR) is 84.1 cm³/mol. The summed E-state index contributed by atoms with van der Waals surface area (Å²) in [5, 5.41) is 2.89. The topological polar surface area (TPSA) is 76.4 Å². The van der Waals surface area contributed by atoms with Gasteiger partial charge < -0.3 is 15.5 Å². The standard InChI is InChI=1S/C16H19N3O2/c1-11-7-8-13(15(9-11)19-17)16(20)18-14-6-4-3-5-12(14)10-21-2/h3-9,19H,10,17H2,1-2H3,(H,18,20). The molecule has 0 aliphatic carbocycles. The van der Waals surface area contributed by atoms with Crippen LogP contribution >= 0.6 is 0 Å². The maximum Gasteiger partial charge on any atom is 0.257 e. The van der Waals surface area contributed by atoms with Gasteiger partial charge in [0, 0.05) is 18.4 Å². The van der Waals surface area contributed by atoms with Crippen LogP contribution in [0.3, 0.4) is 0 Å². The van der Waals surface area contributed by atoms with Gasteiger partial charge in [0.25, 0.3) is 5.91 Å². The monoisotopic (exact) mass is 285 g/mol. The number of ether oxygens (including phenoxy) is 1. The van der Waals surface area contributed by atoms with Crippen LogP contribution in [0.4, 0.5) is 11.4 Å². The number of hydrogen-bond acceptors (Lipinski definition) is 4. The number of nitrogens with one attached hydrogen (secondary N) is 2. The van der Waals surface area contributed by atoms with Gasteiger partial charge in [-0.2, -0.15) is 0 Å². The van der Waals surface area contributed by atoms with Crippen molar-refractivity contribution >= 4 is 17.3 Å². The highest BCUT2D eigenvalue weighted by atomic mass is 16.5. The number of nitrogen functional groups attached to an aromatic ring is 1. The lowest BCUT2D eigenvalue weighted by Crippen LogP contribution is -2.18. The van der Waals surface area contributed by atoms with Gasteiger partial charge in [0.1, 0.15) is 0 Å². The Balaban J connectivity index is 2.26. The molecule has 1 amide bonds. The first-order chi connectivity index (χ1) is 10.2. The zero-order valence-electron chi connectivity index (χ0n) is 12.1. The van der Waals surface area contributed by atoms with E-state index in [-0.39, 0.29) is 5.91 Å². The number of benzene rings is 2.